The summed E-state index contributed by atoms with van der Waals surface area (Å²) in [5.41, 5.74) is 11.6. The molecule has 0 radical (unpaired) electrons. The van der Waals surface area contributed by atoms with Crippen LogP contribution in [0.1, 0.15) is 85.0 Å². The molecule has 0 rings (SSSR count). The monoisotopic (exact) mass is 300 g/mol. The molecule has 0 saturated heterocycles. The highest BCUT2D eigenvalue weighted by molar-refractivity contribution is 4.72. The van der Waals surface area contributed by atoms with Crippen LogP contribution in [-0.2, 0) is 4.74 Å². The lowest BCUT2D eigenvalue weighted by Crippen LogP contribution is -2.38. The highest BCUT2D eigenvalue weighted by atomic mass is 16.5. The van der Waals surface area contributed by atoms with Crippen molar-refractivity contribution >= 4 is 0 Å². The predicted molar refractivity (Wildman–Crippen MR) is 93.5 cm³/mol. The van der Waals surface area contributed by atoms with E-state index in [-0.39, 0.29) is 12.1 Å². The molecule has 4 N–H and O–H groups in total. The summed E-state index contributed by atoms with van der Waals surface area (Å²) in [6, 6.07) is 0.0981. The molecule has 0 spiro atoms. The minimum absolute atomic E-state index is 0.0981. The van der Waals surface area contributed by atoms with Crippen LogP contribution in [0.15, 0.2) is 0 Å². The van der Waals surface area contributed by atoms with E-state index in [1.807, 2.05) is 0 Å². The van der Waals surface area contributed by atoms with Gasteiger partial charge in [0.1, 0.15) is 0 Å². The molecule has 0 bridgehead atoms. The Morgan fingerprint density at radius 3 is 1.95 bits per heavy atom. The summed E-state index contributed by atoms with van der Waals surface area (Å²) in [5.74, 6) is 0.860. The van der Waals surface area contributed by atoms with Crippen molar-refractivity contribution in [3.05, 3.63) is 0 Å². The Balaban J connectivity index is 3.34. The minimum atomic E-state index is 0.0981. The molecule has 0 amide bonds. The lowest BCUT2D eigenvalue weighted by Gasteiger charge is -2.22. The van der Waals surface area contributed by atoms with E-state index in [1.54, 1.807) is 0 Å². The van der Waals surface area contributed by atoms with Gasteiger partial charge in [-0.25, -0.2) is 0 Å². The molecular formula is C18H40N2O. The second kappa shape index (κ2) is 14.8. The van der Waals surface area contributed by atoms with E-state index in [9.17, 15) is 0 Å². The SMILES string of the molecule is CCC(OCCCCCCCCCC(C)C)C(N)CCN. The first kappa shape index (κ1) is 20.9. The third-order valence-corrected chi connectivity index (χ3v) is 4.14. The summed E-state index contributed by atoms with van der Waals surface area (Å²) in [5, 5.41) is 0. The number of unbranched alkanes of at least 4 members (excludes halogenated alkanes) is 6. The zero-order valence-electron chi connectivity index (χ0n) is 14.8. The van der Waals surface area contributed by atoms with Crippen LogP contribution in [0.2, 0.25) is 0 Å². The Labute approximate surface area is 133 Å². The topological polar surface area (TPSA) is 61.3 Å². The van der Waals surface area contributed by atoms with Crippen molar-refractivity contribution in [3.63, 3.8) is 0 Å². The first-order chi connectivity index (χ1) is 10.1. The van der Waals surface area contributed by atoms with Crippen molar-refractivity contribution in [2.75, 3.05) is 13.2 Å². The number of hydrogen-bond donors (Lipinski definition) is 2. The molecule has 21 heavy (non-hydrogen) atoms. The van der Waals surface area contributed by atoms with Crippen molar-refractivity contribution in [2.24, 2.45) is 17.4 Å². The van der Waals surface area contributed by atoms with Gasteiger partial charge in [-0.2, -0.15) is 0 Å². The third kappa shape index (κ3) is 13.3. The molecule has 0 aliphatic rings. The van der Waals surface area contributed by atoms with Crippen molar-refractivity contribution in [1.29, 1.82) is 0 Å². The zero-order valence-corrected chi connectivity index (χ0v) is 14.8. The van der Waals surface area contributed by atoms with Crippen molar-refractivity contribution < 1.29 is 4.74 Å². The molecule has 0 aromatic carbocycles. The molecule has 0 saturated carbocycles. The Hall–Kier alpha value is -0.120. The lowest BCUT2D eigenvalue weighted by molar-refractivity contribution is 0.0294. The molecule has 3 heteroatoms. The van der Waals surface area contributed by atoms with Crippen molar-refractivity contribution in [2.45, 2.75) is 97.1 Å². The zero-order chi connectivity index (χ0) is 15.9. The average Bonchev–Trinajstić information content (AvgIpc) is 2.44. The summed E-state index contributed by atoms with van der Waals surface area (Å²) in [4.78, 5) is 0. The molecule has 0 fully saturated rings. The fraction of sp³-hybridized carbons (Fsp3) is 1.00. The normalized spacial score (nSPS) is 14.6. The van der Waals surface area contributed by atoms with Gasteiger partial charge in [0.05, 0.1) is 6.10 Å². The highest BCUT2D eigenvalue weighted by Crippen LogP contribution is 2.12. The Morgan fingerprint density at radius 2 is 1.43 bits per heavy atom. The molecule has 128 valence electrons. The maximum atomic E-state index is 6.06. The van der Waals surface area contributed by atoms with E-state index in [0.29, 0.717) is 6.54 Å². The van der Waals surface area contributed by atoms with E-state index in [2.05, 4.69) is 20.8 Å². The Bertz CT molecular complexity index is 209. The number of rotatable bonds is 15. The van der Waals surface area contributed by atoms with Gasteiger partial charge in [0, 0.05) is 12.6 Å². The fourth-order valence-electron chi connectivity index (χ4n) is 2.70. The van der Waals surface area contributed by atoms with Gasteiger partial charge >= 0.3 is 0 Å². The van der Waals surface area contributed by atoms with Gasteiger partial charge < -0.3 is 16.2 Å². The second-order valence-electron chi connectivity index (χ2n) is 6.72. The molecule has 0 aliphatic carbocycles. The quantitative estimate of drug-likeness (QED) is 0.445. The van der Waals surface area contributed by atoms with Gasteiger partial charge in [0.25, 0.3) is 0 Å². The van der Waals surface area contributed by atoms with Crippen LogP contribution in [0, 0.1) is 5.92 Å². The predicted octanol–water partition coefficient (Wildman–Crippen LogP) is 4.23. The van der Waals surface area contributed by atoms with Crippen LogP contribution in [-0.4, -0.2) is 25.3 Å². The molecule has 3 nitrogen and oxygen atoms in total. The highest BCUT2D eigenvalue weighted by Gasteiger charge is 2.15. The molecule has 0 aromatic heterocycles. The van der Waals surface area contributed by atoms with Crippen LogP contribution in [0.5, 0.6) is 0 Å². The largest absolute Gasteiger partial charge is 0.377 e. The van der Waals surface area contributed by atoms with Crippen LogP contribution in [0.25, 0.3) is 0 Å². The maximum Gasteiger partial charge on any atom is 0.0723 e. The summed E-state index contributed by atoms with van der Waals surface area (Å²) < 4.78 is 5.90. The first-order valence-electron chi connectivity index (χ1n) is 9.19. The van der Waals surface area contributed by atoms with Crippen molar-refractivity contribution in [1.82, 2.24) is 0 Å². The third-order valence-electron chi connectivity index (χ3n) is 4.14. The van der Waals surface area contributed by atoms with Gasteiger partial charge in [0.2, 0.25) is 0 Å². The van der Waals surface area contributed by atoms with Crippen LogP contribution < -0.4 is 11.5 Å². The smallest absolute Gasteiger partial charge is 0.0723 e. The van der Waals surface area contributed by atoms with E-state index in [4.69, 9.17) is 16.2 Å². The second-order valence-corrected chi connectivity index (χ2v) is 6.72. The van der Waals surface area contributed by atoms with Gasteiger partial charge in [-0.1, -0.05) is 65.7 Å². The Kier molecular flexibility index (Phi) is 14.7. The summed E-state index contributed by atoms with van der Waals surface area (Å²) >= 11 is 0. The first-order valence-corrected chi connectivity index (χ1v) is 9.19. The maximum absolute atomic E-state index is 6.06. The van der Waals surface area contributed by atoms with Crippen LogP contribution in [0.3, 0.4) is 0 Å². The van der Waals surface area contributed by atoms with Gasteiger partial charge in [0.15, 0.2) is 0 Å². The molecule has 2 atom stereocenters. The average molecular weight is 301 g/mol. The summed E-state index contributed by atoms with van der Waals surface area (Å²) in [7, 11) is 0. The van der Waals surface area contributed by atoms with Crippen LogP contribution >= 0.6 is 0 Å². The van der Waals surface area contributed by atoms with Crippen molar-refractivity contribution in [3.8, 4) is 0 Å². The number of ether oxygens (including phenoxy) is 1. The molecule has 0 aromatic rings. The van der Waals surface area contributed by atoms with Gasteiger partial charge in [-0.3, -0.25) is 0 Å². The molecule has 0 aliphatic heterocycles. The van der Waals surface area contributed by atoms with Crippen LogP contribution in [0.4, 0.5) is 0 Å². The number of nitrogens with two attached hydrogens (primary N) is 2. The molecular weight excluding hydrogens is 260 g/mol. The molecule has 0 heterocycles. The van der Waals surface area contributed by atoms with E-state index in [0.717, 1.165) is 31.8 Å². The lowest BCUT2D eigenvalue weighted by atomic mass is 10.0. The van der Waals surface area contributed by atoms with E-state index in [1.165, 1.54) is 44.9 Å². The summed E-state index contributed by atoms with van der Waals surface area (Å²) in [6.45, 7) is 8.26. The number of hydrogen-bond acceptors (Lipinski definition) is 3. The standard InChI is InChI=1S/C18H40N2O/c1-4-18(17(20)13-14-19)21-15-11-9-7-5-6-8-10-12-16(2)3/h16-18H,4-15,19-20H2,1-3H3. The Morgan fingerprint density at radius 1 is 0.857 bits per heavy atom. The van der Waals surface area contributed by atoms with Gasteiger partial charge in [-0.05, 0) is 31.7 Å². The molecule has 2 unspecified atom stereocenters. The minimum Gasteiger partial charge on any atom is -0.377 e. The fourth-order valence-corrected chi connectivity index (χ4v) is 2.70. The summed E-state index contributed by atoms with van der Waals surface area (Å²) in [6.07, 6.45) is 12.8. The van der Waals surface area contributed by atoms with E-state index < -0.39 is 0 Å². The van der Waals surface area contributed by atoms with Gasteiger partial charge in [-0.15, -0.1) is 0 Å². The van der Waals surface area contributed by atoms with E-state index >= 15 is 0 Å².